The number of hydrogen-bond donors (Lipinski definition) is 1. The average Bonchev–Trinajstić information content (AvgIpc) is 2.77. The fourth-order valence-electron chi connectivity index (χ4n) is 2.79. The van der Waals surface area contributed by atoms with Gasteiger partial charge >= 0.3 is 5.97 Å². The van der Waals surface area contributed by atoms with Crippen molar-refractivity contribution in [1.29, 1.82) is 0 Å². The fourth-order valence-corrected chi connectivity index (χ4v) is 4.01. The van der Waals surface area contributed by atoms with E-state index < -0.39 is 28.5 Å². The molecule has 1 amide bonds. The Labute approximate surface area is 204 Å². The SMILES string of the molecule is CCOc1cc(/C=C/C(=O)OCC(=O)Nc2cc(S(=O)(=O)N(C)C)ccc2C)cc(Cl)c1OC. The Morgan fingerprint density at radius 1 is 1.18 bits per heavy atom. The Morgan fingerprint density at radius 2 is 1.88 bits per heavy atom. The molecule has 2 rings (SSSR count). The van der Waals surface area contributed by atoms with Crippen LogP contribution in [-0.4, -0.2) is 59.0 Å². The zero-order chi connectivity index (χ0) is 25.5. The number of aryl methyl sites for hydroxylation is 1. The number of carbonyl (C=O) groups is 2. The maximum Gasteiger partial charge on any atom is 0.331 e. The number of nitrogens with zero attached hydrogens (tertiary/aromatic N) is 1. The molecule has 0 saturated carbocycles. The van der Waals surface area contributed by atoms with Gasteiger partial charge in [0.05, 0.1) is 23.6 Å². The fraction of sp³-hybridized carbons (Fsp3) is 0.304. The largest absolute Gasteiger partial charge is 0.491 e. The molecule has 1 N–H and O–H groups in total. The van der Waals surface area contributed by atoms with Crippen LogP contribution in [0.25, 0.3) is 6.08 Å². The number of ether oxygens (including phenoxy) is 3. The summed E-state index contributed by atoms with van der Waals surface area (Å²) in [5.74, 6) is -0.549. The first-order valence-corrected chi connectivity index (χ1v) is 12.0. The molecule has 0 atom stereocenters. The summed E-state index contributed by atoms with van der Waals surface area (Å²) in [6.45, 7) is 3.38. The first-order valence-electron chi connectivity index (χ1n) is 10.2. The smallest absolute Gasteiger partial charge is 0.331 e. The highest BCUT2D eigenvalue weighted by Gasteiger charge is 2.19. The lowest BCUT2D eigenvalue weighted by Gasteiger charge is -2.14. The van der Waals surface area contributed by atoms with Gasteiger partial charge < -0.3 is 19.5 Å². The number of halogens is 1. The Kier molecular flexibility index (Phi) is 9.48. The van der Waals surface area contributed by atoms with Crippen molar-refractivity contribution in [3.05, 3.63) is 52.6 Å². The highest BCUT2D eigenvalue weighted by atomic mass is 35.5. The minimum absolute atomic E-state index is 0.0305. The maximum atomic E-state index is 12.3. The second kappa shape index (κ2) is 11.9. The van der Waals surface area contributed by atoms with E-state index >= 15 is 0 Å². The third-order valence-corrected chi connectivity index (χ3v) is 6.65. The Bertz CT molecular complexity index is 1190. The van der Waals surface area contributed by atoms with Gasteiger partial charge in [-0.25, -0.2) is 17.5 Å². The van der Waals surface area contributed by atoms with Crippen molar-refractivity contribution in [2.75, 3.05) is 39.7 Å². The molecule has 0 saturated heterocycles. The van der Waals surface area contributed by atoms with Gasteiger partial charge in [-0.1, -0.05) is 17.7 Å². The lowest BCUT2D eigenvalue weighted by molar-refractivity contribution is -0.142. The number of nitrogens with one attached hydrogen (secondary N) is 1. The lowest BCUT2D eigenvalue weighted by atomic mass is 10.2. The van der Waals surface area contributed by atoms with Crippen LogP contribution >= 0.6 is 11.6 Å². The first kappa shape index (κ1) is 27.2. The van der Waals surface area contributed by atoms with Crippen molar-refractivity contribution in [2.24, 2.45) is 0 Å². The number of methoxy groups -OCH3 is 1. The minimum atomic E-state index is -3.66. The number of amides is 1. The van der Waals surface area contributed by atoms with Crippen molar-refractivity contribution < 1.29 is 32.2 Å². The Hall–Kier alpha value is -3.08. The second-order valence-corrected chi connectivity index (χ2v) is 9.78. The molecule has 11 heteroatoms. The van der Waals surface area contributed by atoms with Crippen LogP contribution in [0.5, 0.6) is 11.5 Å². The predicted molar refractivity (Wildman–Crippen MR) is 130 cm³/mol. The number of carbonyl (C=O) groups excluding carboxylic acids is 2. The molecule has 2 aromatic carbocycles. The molecule has 0 heterocycles. The van der Waals surface area contributed by atoms with Gasteiger partial charge in [0.1, 0.15) is 0 Å². The molecular weight excluding hydrogens is 484 g/mol. The number of anilines is 1. The molecule has 0 aliphatic rings. The monoisotopic (exact) mass is 510 g/mol. The summed E-state index contributed by atoms with van der Waals surface area (Å²) in [5, 5.41) is 2.88. The predicted octanol–water partition coefficient (Wildman–Crippen LogP) is 3.50. The Morgan fingerprint density at radius 3 is 2.50 bits per heavy atom. The van der Waals surface area contributed by atoms with Crippen molar-refractivity contribution in [3.63, 3.8) is 0 Å². The highest BCUT2D eigenvalue weighted by Crippen LogP contribution is 2.36. The number of hydrogen-bond acceptors (Lipinski definition) is 7. The summed E-state index contributed by atoms with van der Waals surface area (Å²) < 4.78 is 41.4. The van der Waals surface area contributed by atoms with Gasteiger partial charge in [-0.15, -0.1) is 0 Å². The van der Waals surface area contributed by atoms with E-state index in [0.717, 1.165) is 10.4 Å². The molecule has 0 fully saturated rings. The van der Waals surface area contributed by atoms with Crippen LogP contribution in [0.1, 0.15) is 18.1 Å². The van der Waals surface area contributed by atoms with E-state index in [1.165, 1.54) is 39.4 Å². The van der Waals surface area contributed by atoms with Crippen molar-refractivity contribution in [3.8, 4) is 11.5 Å². The van der Waals surface area contributed by atoms with Gasteiger partial charge in [-0.3, -0.25) is 4.79 Å². The zero-order valence-corrected chi connectivity index (χ0v) is 21.1. The van der Waals surface area contributed by atoms with E-state index in [9.17, 15) is 18.0 Å². The average molecular weight is 511 g/mol. The first-order chi connectivity index (χ1) is 16.0. The molecule has 34 heavy (non-hydrogen) atoms. The molecule has 0 aliphatic heterocycles. The van der Waals surface area contributed by atoms with Crippen molar-refractivity contribution in [2.45, 2.75) is 18.7 Å². The molecule has 0 unspecified atom stereocenters. The van der Waals surface area contributed by atoms with Crippen LogP contribution in [0.4, 0.5) is 5.69 Å². The zero-order valence-electron chi connectivity index (χ0n) is 19.5. The molecule has 2 aromatic rings. The van der Waals surface area contributed by atoms with E-state index in [-0.39, 0.29) is 4.90 Å². The summed E-state index contributed by atoms with van der Waals surface area (Å²) >= 11 is 6.19. The highest BCUT2D eigenvalue weighted by molar-refractivity contribution is 7.89. The third-order valence-electron chi connectivity index (χ3n) is 4.55. The van der Waals surface area contributed by atoms with Crippen LogP contribution in [0, 0.1) is 6.92 Å². The van der Waals surface area contributed by atoms with Crippen LogP contribution in [0.3, 0.4) is 0 Å². The summed E-state index contributed by atoms with van der Waals surface area (Å²) in [6.07, 6.45) is 2.62. The van der Waals surface area contributed by atoms with Gasteiger partial charge in [0.15, 0.2) is 18.1 Å². The van der Waals surface area contributed by atoms with Gasteiger partial charge in [-0.05, 0) is 55.3 Å². The number of benzene rings is 2. The summed E-state index contributed by atoms with van der Waals surface area (Å²) in [5.41, 5.74) is 1.53. The van der Waals surface area contributed by atoms with Crippen molar-refractivity contribution >= 4 is 45.3 Å². The molecule has 0 bridgehead atoms. The van der Waals surface area contributed by atoms with E-state index in [2.05, 4.69) is 5.32 Å². The minimum Gasteiger partial charge on any atom is -0.491 e. The molecule has 0 radical (unpaired) electrons. The lowest BCUT2D eigenvalue weighted by Crippen LogP contribution is -2.23. The van der Waals surface area contributed by atoms with Crippen LogP contribution in [0.15, 0.2) is 41.3 Å². The topological polar surface area (TPSA) is 111 Å². The molecule has 0 aliphatic carbocycles. The quantitative estimate of drug-likeness (QED) is 0.384. The van der Waals surface area contributed by atoms with Gasteiger partial charge in [0, 0.05) is 25.9 Å². The van der Waals surface area contributed by atoms with E-state index in [1.54, 1.807) is 25.1 Å². The molecule has 9 nitrogen and oxygen atoms in total. The van der Waals surface area contributed by atoms with Crippen molar-refractivity contribution in [1.82, 2.24) is 4.31 Å². The third kappa shape index (κ3) is 6.96. The van der Waals surface area contributed by atoms with E-state index in [0.29, 0.717) is 39.9 Å². The standard InChI is InChI=1S/C23H27ClN2O7S/c1-6-32-20-12-16(11-18(24)23(20)31-5)8-10-22(28)33-14-21(27)25-19-13-17(9-7-15(19)2)34(29,30)26(3)4/h7-13H,6,14H2,1-5H3,(H,25,27)/b10-8+. The number of esters is 1. The van der Waals surface area contributed by atoms with E-state index in [1.807, 2.05) is 6.92 Å². The Balaban J connectivity index is 2.02. The number of rotatable bonds is 10. The normalized spacial score (nSPS) is 11.5. The van der Waals surface area contributed by atoms with Gasteiger partial charge in [0.2, 0.25) is 10.0 Å². The van der Waals surface area contributed by atoms with Gasteiger partial charge in [0.25, 0.3) is 5.91 Å². The second-order valence-electron chi connectivity index (χ2n) is 7.22. The molecular formula is C23H27ClN2O7S. The number of sulfonamides is 1. The van der Waals surface area contributed by atoms with Crippen LogP contribution in [0.2, 0.25) is 5.02 Å². The summed E-state index contributed by atoms with van der Waals surface area (Å²) in [4.78, 5) is 24.3. The maximum absolute atomic E-state index is 12.3. The molecule has 184 valence electrons. The van der Waals surface area contributed by atoms with Crippen LogP contribution < -0.4 is 14.8 Å². The molecule has 0 spiro atoms. The summed E-state index contributed by atoms with van der Waals surface area (Å²) in [6, 6.07) is 7.64. The van der Waals surface area contributed by atoms with E-state index in [4.69, 9.17) is 25.8 Å². The van der Waals surface area contributed by atoms with Gasteiger partial charge in [-0.2, -0.15) is 0 Å². The summed E-state index contributed by atoms with van der Waals surface area (Å²) in [7, 11) is 0.638. The molecule has 0 aromatic heterocycles. The van der Waals surface area contributed by atoms with Crippen LogP contribution in [-0.2, 0) is 24.3 Å².